The quantitative estimate of drug-likeness (QED) is 0.568. The van der Waals surface area contributed by atoms with Crippen LogP contribution in [0.2, 0.25) is 19.6 Å². The third-order valence-corrected chi connectivity index (χ3v) is 4.75. The van der Waals surface area contributed by atoms with E-state index in [9.17, 15) is 4.79 Å². The molecule has 1 aliphatic rings. The van der Waals surface area contributed by atoms with Gasteiger partial charge in [-0.15, -0.1) is 0 Å². The van der Waals surface area contributed by atoms with Gasteiger partial charge in [-0.1, -0.05) is 55.7 Å². The van der Waals surface area contributed by atoms with Crippen molar-refractivity contribution in [1.29, 1.82) is 0 Å². The molecule has 126 valence electrons. The molecular formula is C18H27NO3Si. The Morgan fingerprint density at radius 2 is 1.87 bits per heavy atom. The van der Waals surface area contributed by atoms with E-state index in [1.165, 1.54) is 0 Å². The molecule has 0 spiro atoms. The molecule has 1 fully saturated rings. The van der Waals surface area contributed by atoms with E-state index >= 15 is 0 Å². The lowest BCUT2D eigenvalue weighted by Gasteiger charge is -2.23. The summed E-state index contributed by atoms with van der Waals surface area (Å²) in [5.74, 6) is 0.0641. The number of benzene rings is 1. The Balaban J connectivity index is 2.00. The van der Waals surface area contributed by atoms with Gasteiger partial charge in [0.2, 0.25) is 5.91 Å². The Hall–Kier alpha value is -1.43. The first-order valence-corrected chi connectivity index (χ1v) is 11.8. The van der Waals surface area contributed by atoms with E-state index in [1.807, 2.05) is 35.2 Å². The van der Waals surface area contributed by atoms with E-state index in [1.54, 1.807) is 6.08 Å². The summed E-state index contributed by atoms with van der Waals surface area (Å²) in [7, 11) is -1.38. The van der Waals surface area contributed by atoms with Crippen molar-refractivity contribution in [3.63, 3.8) is 0 Å². The average molecular weight is 334 g/mol. The topological polar surface area (TPSA) is 38.8 Å². The highest BCUT2D eigenvalue weighted by molar-refractivity contribution is 6.81. The molecule has 0 unspecified atom stereocenters. The van der Waals surface area contributed by atoms with Crippen molar-refractivity contribution in [2.75, 3.05) is 19.8 Å². The molecular weight excluding hydrogens is 306 g/mol. The van der Waals surface area contributed by atoms with Gasteiger partial charge in [0.1, 0.15) is 0 Å². The molecule has 0 saturated carbocycles. The molecule has 0 aromatic heterocycles. The molecule has 0 N–H and O–H groups in total. The van der Waals surface area contributed by atoms with Crippen LogP contribution in [0.1, 0.15) is 12.0 Å². The van der Waals surface area contributed by atoms with Crippen molar-refractivity contribution in [3.8, 4) is 0 Å². The molecule has 0 bridgehead atoms. The van der Waals surface area contributed by atoms with Crippen LogP contribution < -0.4 is 0 Å². The first-order chi connectivity index (χ1) is 10.9. The Bertz CT molecular complexity index is 519. The van der Waals surface area contributed by atoms with Crippen LogP contribution in [0.25, 0.3) is 0 Å². The van der Waals surface area contributed by atoms with Gasteiger partial charge in [0.15, 0.2) is 6.29 Å². The summed E-state index contributed by atoms with van der Waals surface area (Å²) in [5, 5.41) is 0. The molecule has 0 radical (unpaired) electrons. The largest absolute Gasteiger partial charge is 0.350 e. The van der Waals surface area contributed by atoms with Crippen molar-refractivity contribution < 1.29 is 14.3 Å². The molecule has 0 atom stereocenters. The number of rotatable bonds is 7. The van der Waals surface area contributed by atoms with Gasteiger partial charge in [0.05, 0.1) is 21.3 Å². The maximum Gasteiger partial charge on any atom is 0.246 e. The minimum absolute atomic E-state index is 0.0641. The van der Waals surface area contributed by atoms with Crippen molar-refractivity contribution in [2.45, 2.75) is 38.9 Å². The monoisotopic (exact) mass is 333 g/mol. The predicted octanol–water partition coefficient (Wildman–Crippen LogP) is 3.21. The molecule has 5 heteroatoms. The van der Waals surface area contributed by atoms with Crippen LogP contribution in [-0.4, -0.2) is 44.9 Å². The van der Waals surface area contributed by atoms with Gasteiger partial charge in [0.25, 0.3) is 0 Å². The summed E-state index contributed by atoms with van der Waals surface area (Å²) < 4.78 is 11.0. The molecule has 1 aliphatic heterocycles. The number of carbonyl (C=O) groups excluding carboxylic acids is 1. The molecule has 4 nitrogen and oxygen atoms in total. The highest BCUT2D eigenvalue weighted by Crippen LogP contribution is 2.12. The Morgan fingerprint density at radius 3 is 2.48 bits per heavy atom. The van der Waals surface area contributed by atoms with Gasteiger partial charge in [-0.3, -0.25) is 4.79 Å². The zero-order valence-electron chi connectivity index (χ0n) is 14.3. The van der Waals surface area contributed by atoms with E-state index in [-0.39, 0.29) is 12.2 Å². The molecule has 1 aromatic carbocycles. The normalized spacial score (nSPS) is 16.1. The summed E-state index contributed by atoms with van der Waals surface area (Å²) in [5.41, 5.74) is 3.23. The van der Waals surface area contributed by atoms with Gasteiger partial charge in [-0.05, 0) is 11.6 Å². The zero-order valence-corrected chi connectivity index (χ0v) is 15.3. The maximum atomic E-state index is 12.6. The molecule has 0 aliphatic carbocycles. The third-order valence-electron chi connectivity index (χ3n) is 3.58. The standard InChI is InChI=1S/C18H27NO3Si/c1-23(2,3)14-10-17(20)19(11-9-18-21-12-13-22-18)15-16-7-5-4-6-8-16/h4-8,10,14,18H,9,11-13,15H2,1-3H3/b14-10+. The highest BCUT2D eigenvalue weighted by Gasteiger charge is 2.19. The Labute approximate surface area is 140 Å². The second kappa shape index (κ2) is 8.43. The second-order valence-corrected chi connectivity index (χ2v) is 12.0. The first kappa shape index (κ1) is 17.9. The van der Waals surface area contributed by atoms with Crippen molar-refractivity contribution >= 4 is 14.0 Å². The summed E-state index contributed by atoms with van der Waals surface area (Å²) in [6.07, 6.45) is 2.27. The Kier molecular flexibility index (Phi) is 6.56. The molecule has 23 heavy (non-hydrogen) atoms. The summed E-state index contributed by atoms with van der Waals surface area (Å²) >= 11 is 0. The molecule has 2 rings (SSSR count). The summed E-state index contributed by atoms with van der Waals surface area (Å²) in [6.45, 7) is 9.20. The van der Waals surface area contributed by atoms with Crippen LogP contribution in [0.5, 0.6) is 0 Å². The van der Waals surface area contributed by atoms with Crippen LogP contribution in [0.4, 0.5) is 0 Å². The smallest absolute Gasteiger partial charge is 0.246 e. The van der Waals surface area contributed by atoms with Gasteiger partial charge in [-0.2, -0.15) is 0 Å². The lowest BCUT2D eigenvalue weighted by atomic mass is 10.2. The first-order valence-electron chi connectivity index (χ1n) is 8.19. The van der Waals surface area contributed by atoms with Crippen LogP contribution in [-0.2, 0) is 20.8 Å². The van der Waals surface area contributed by atoms with Crippen molar-refractivity contribution in [3.05, 3.63) is 47.7 Å². The Morgan fingerprint density at radius 1 is 1.22 bits per heavy atom. The van der Waals surface area contributed by atoms with Crippen molar-refractivity contribution in [1.82, 2.24) is 4.90 Å². The van der Waals surface area contributed by atoms with Crippen LogP contribution in [0, 0.1) is 0 Å². The molecule has 1 aromatic rings. The number of hydrogen-bond acceptors (Lipinski definition) is 3. The van der Waals surface area contributed by atoms with E-state index in [0.29, 0.717) is 32.7 Å². The van der Waals surface area contributed by atoms with Crippen LogP contribution in [0.3, 0.4) is 0 Å². The van der Waals surface area contributed by atoms with E-state index in [4.69, 9.17) is 9.47 Å². The zero-order chi connectivity index (χ0) is 16.7. The van der Waals surface area contributed by atoms with E-state index in [2.05, 4.69) is 25.3 Å². The molecule has 1 saturated heterocycles. The number of nitrogens with zero attached hydrogens (tertiary/aromatic N) is 1. The van der Waals surface area contributed by atoms with E-state index in [0.717, 1.165) is 5.56 Å². The van der Waals surface area contributed by atoms with E-state index < -0.39 is 8.07 Å². The number of carbonyl (C=O) groups is 1. The minimum Gasteiger partial charge on any atom is -0.350 e. The summed E-state index contributed by atoms with van der Waals surface area (Å²) in [4.78, 5) is 14.5. The minimum atomic E-state index is -1.38. The van der Waals surface area contributed by atoms with Gasteiger partial charge < -0.3 is 14.4 Å². The third kappa shape index (κ3) is 6.68. The van der Waals surface area contributed by atoms with Crippen LogP contribution in [0.15, 0.2) is 42.1 Å². The van der Waals surface area contributed by atoms with Gasteiger partial charge in [-0.25, -0.2) is 0 Å². The number of amides is 1. The second-order valence-electron chi connectivity index (χ2n) is 6.90. The van der Waals surface area contributed by atoms with Gasteiger partial charge >= 0.3 is 0 Å². The molecule has 1 amide bonds. The van der Waals surface area contributed by atoms with Gasteiger partial charge in [0, 0.05) is 19.5 Å². The lowest BCUT2D eigenvalue weighted by molar-refractivity contribution is -0.128. The fourth-order valence-electron chi connectivity index (χ4n) is 2.33. The number of ether oxygens (including phenoxy) is 2. The van der Waals surface area contributed by atoms with Crippen LogP contribution >= 0.6 is 0 Å². The lowest BCUT2D eigenvalue weighted by Crippen LogP contribution is -2.32. The summed E-state index contributed by atoms with van der Waals surface area (Å²) in [6, 6.07) is 10.1. The molecule has 1 heterocycles. The number of hydrogen-bond donors (Lipinski definition) is 0. The maximum absolute atomic E-state index is 12.6. The fourth-order valence-corrected chi connectivity index (χ4v) is 2.98. The predicted molar refractivity (Wildman–Crippen MR) is 94.7 cm³/mol. The van der Waals surface area contributed by atoms with Crippen molar-refractivity contribution in [2.24, 2.45) is 0 Å². The SMILES string of the molecule is C[Si](C)(C)/C=C/C(=O)N(CCC1OCCO1)Cc1ccccc1. The highest BCUT2D eigenvalue weighted by atomic mass is 28.3. The average Bonchev–Trinajstić information content (AvgIpc) is 3.02. The fraction of sp³-hybridized carbons (Fsp3) is 0.500.